The van der Waals surface area contributed by atoms with Crippen LogP contribution in [-0.4, -0.2) is 34.9 Å². The minimum absolute atomic E-state index is 0.265. The van der Waals surface area contributed by atoms with Gasteiger partial charge in [0.1, 0.15) is 0 Å². The van der Waals surface area contributed by atoms with Gasteiger partial charge in [0.2, 0.25) is 0 Å². The minimum Gasteiger partial charge on any atom is -0.493 e. The summed E-state index contributed by atoms with van der Waals surface area (Å²) in [5.41, 5.74) is 4.84. The molecular weight excluding hydrogens is 420 g/mol. The van der Waals surface area contributed by atoms with Crippen molar-refractivity contribution in [2.45, 2.75) is 20.3 Å². The molecule has 1 fully saturated rings. The first-order valence-corrected chi connectivity index (χ1v) is 10.6. The molecule has 6 nitrogen and oxygen atoms in total. The summed E-state index contributed by atoms with van der Waals surface area (Å²) < 4.78 is 11.3. The van der Waals surface area contributed by atoms with E-state index in [4.69, 9.17) is 21.7 Å². The van der Waals surface area contributed by atoms with E-state index >= 15 is 0 Å². The van der Waals surface area contributed by atoms with Gasteiger partial charge >= 0.3 is 0 Å². The molecule has 2 amide bonds. The van der Waals surface area contributed by atoms with E-state index in [1.54, 1.807) is 37.5 Å². The maximum absolute atomic E-state index is 12.8. The van der Waals surface area contributed by atoms with E-state index in [-0.39, 0.29) is 10.2 Å². The smallest absolute Gasteiger partial charge is 0.285 e. The highest BCUT2D eigenvalue weighted by atomic mass is 32.2. The summed E-state index contributed by atoms with van der Waals surface area (Å²) in [5.74, 6) is 0.456. The topological polar surface area (TPSA) is 67.9 Å². The highest BCUT2D eigenvalue weighted by molar-refractivity contribution is 8.26. The van der Waals surface area contributed by atoms with Gasteiger partial charge in [-0.1, -0.05) is 42.4 Å². The predicted octanol–water partition coefficient (Wildman–Crippen LogP) is 4.34. The molecule has 0 saturated carbocycles. The van der Waals surface area contributed by atoms with E-state index in [1.165, 1.54) is 0 Å². The third-order valence-corrected chi connectivity index (χ3v) is 5.57. The number of carbonyl (C=O) groups excluding carboxylic acids is 2. The quantitative estimate of drug-likeness (QED) is 0.508. The maximum atomic E-state index is 12.8. The van der Waals surface area contributed by atoms with Crippen molar-refractivity contribution in [1.29, 1.82) is 0 Å². The fourth-order valence-electron chi connectivity index (χ4n) is 2.69. The van der Waals surface area contributed by atoms with Crippen molar-refractivity contribution in [2.24, 2.45) is 0 Å². The Kier molecular flexibility index (Phi) is 7.12. The summed E-state index contributed by atoms with van der Waals surface area (Å²) in [7, 11) is 1.57. The summed E-state index contributed by atoms with van der Waals surface area (Å²) in [6.07, 6.45) is 2.60. The lowest BCUT2D eigenvalue weighted by molar-refractivity contribution is -0.123. The molecular formula is C22H22N2O4S2. The zero-order chi connectivity index (χ0) is 21.7. The van der Waals surface area contributed by atoms with E-state index in [2.05, 4.69) is 5.43 Å². The molecule has 0 bridgehead atoms. The number of methoxy groups -OCH3 is 1. The Hall–Kier alpha value is -2.84. The lowest BCUT2D eigenvalue weighted by Gasteiger charge is -2.15. The van der Waals surface area contributed by atoms with Crippen LogP contribution >= 0.6 is 24.0 Å². The van der Waals surface area contributed by atoms with Crippen LogP contribution in [-0.2, 0) is 4.79 Å². The number of benzene rings is 2. The van der Waals surface area contributed by atoms with Gasteiger partial charge in [0.25, 0.3) is 11.8 Å². The van der Waals surface area contributed by atoms with E-state index < -0.39 is 5.91 Å². The molecule has 1 heterocycles. The largest absolute Gasteiger partial charge is 0.493 e. The summed E-state index contributed by atoms with van der Waals surface area (Å²) in [4.78, 5) is 25.6. The van der Waals surface area contributed by atoms with Crippen molar-refractivity contribution in [3.05, 3.63) is 64.1 Å². The van der Waals surface area contributed by atoms with E-state index in [9.17, 15) is 9.59 Å². The highest BCUT2D eigenvalue weighted by Gasteiger charge is 2.33. The molecule has 0 aromatic heterocycles. The number of ether oxygens (including phenoxy) is 2. The lowest BCUT2D eigenvalue weighted by atomic mass is 10.1. The molecule has 2 aromatic carbocycles. The number of thiocarbonyl (C=S) groups is 1. The molecule has 8 heteroatoms. The van der Waals surface area contributed by atoms with Gasteiger partial charge in [-0.2, -0.15) is 5.01 Å². The van der Waals surface area contributed by atoms with Crippen LogP contribution in [0.4, 0.5) is 0 Å². The van der Waals surface area contributed by atoms with Crippen LogP contribution in [0, 0.1) is 6.92 Å². The van der Waals surface area contributed by atoms with E-state index in [1.807, 2.05) is 32.0 Å². The molecule has 3 rings (SSSR count). The van der Waals surface area contributed by atoms with Crippen molar-refractivity contribution in [3.63, 3.8) is 0 Å². The SMILES string of the molecule is CCCOc1ccc(/C=C2\SC(=S)N(NC(=O)c3ccc(C)cc3)C2=O)cc1OC. The second-order valence-corrected chi connectivity index (χ2v) is 8.26. The zero-order valence-electron chi connectivity index (χ0n) is 16.9. The van der Waals surface area contributed by atoms with Gasteiger partial charge < -0.3 is 9.47 Å². The van der Waals surface area contributed by atoms with Crippen molar-refractivity contribution in [3.8, 4) is 11.5 Å². The molecule has 0 aliphatic carbocycles. The molecule has 1 saturated heterocycles. The van der Waals surface area contributed by atoms with E-state index in [0.29, 0.717) is 28.6 Å². The van der Waals surface area contributed by atoms with Crippen molar-refractivity contribution < 1.29 is 19.1 Å². The summed E-state index contributed by atoms with van der Waals surface area (Å²) in [6.45, 7) is 4.56. The molecule has 1 aliphatic rings. The molecule has 0 atom stereocenters. The number of amides is 2. The van der Waals surface area contributed by atoms with Gasteiger partial charge in [0, 0.05) is 5.56 Å². The van der Waals surface area contributed by atoms with Crippen LogP contribution < -0.4 is 14.9 Å². The Morgan fingerprint density at radius 2 is 1.93 bits per heavy atom. The average molecular weight is 443 g/mol. The first-order chi connectivity index (χ1) is 14.4. The molecule has 0 radical (unpaired) electrons. The number of carbonyl (C=O) groups is 2. The predicted molar refractivity (Wildman–Crippen MR) is 122 cm³/mol. The van der Waals surface area contributed by atoms with Gasteiger partial charge in [-0.3, -0.25) is 15.0 Å². The Morgan fingerprint density at radius 1 is 1.20 bits per heavy atom. The normalized spacial score (nSPS) is 14.9. The monoisotopic (exact) mass is 442 g/mol. The number of hydrazine groups is 1. The first kappa shape index (κ1) is 21.9. The standard InChI is InChI=1S/C22H22N2O4S2/c1-4-11-28-17-10-7-15(12-18(17)27-3)13-19-21(26)24(22(29)30-19)23-20(25)16-8-5-14(2)6-9-16/h5-10,12-13H,4,11H2,1-3H3,(H,23,25)/b19-13-. The molecule has 2 aromatic rings. The Labute approximate surface area is 185 Å². The summed E-state index contributed by atoms with van der Waals surface area (Å²) in [5, 5.41) is 1.10. The molecule has 1 N–H and O–H groups in total. The average Bonchev–Trinajstić information content (AvgIpc) is 3.00. The Morgan fingerprint density at radius 3 is 2.60 bits per heavy atom. The Balaban J connectivity index is 1.76. The number of nitrogens with one attached hydrogen (secondary N) is 1. The van der Waals surface area contributed by atoms with Gasteiger partial charge in [-0.25, -0.2) is 0 Å². The molecule has 1 aliphatic heterocycles. The number of thioether (sulfide) groups is 1. The maximum Gasteiger partial charge on any atom is 0.285 e. The first-order valence-electron chi connectivity index (χ1n) is 9.39. The molecule has 30 heavy (non-hydrogen) atoms. The van der Waals surface area contributed by atoms with Crippen LogP contribution in [0.5, 0.6) is 11.5 Å². The van der Waals surface area contributed by atoms with Crippen molar-refractivity contribution in [2.75, 3.05) is 13.7 Å². The summed E-state index contributed by atoms with van der Waals surface area (Å²) in [6, 6.07) is 12.5. The van der Waals surface area contributed by atoms with Gasteiger partial charge in [-0.05, 0) is 61.5 Å². The van der Waals surface area contributed by atoms with Crippen LogP contribution in [0.1, 0.15) is 34.8 Å². The molecule has 0 spiro atoms. The lowest BCUT2D eigenvalue weighted by Crippen LogP contribution is -2.44. The summed E-state index contributed by atoms with van der Waals surface area (Å²) >= 11 is 6.41. The third-order valence-electron chi connectivity index (χ3n) is 4.27. The molecule has 156 valence electrons. The second kappa shape index (κ2) is 9.77. The van der Waals surface area contributed by atoms with Crippen molar-refractivity contribution in [1.82, 2.24) is 10.4 Å². The number of hydrogen-bond donors (Lipinski definition) is 1. The van der Waals surface area contributed by atoms with Crippen LogP contribution in [0.25, 0.3) is 6.08 Å². The number of hydrogen-bond acceptors (Lipinski definition) is 6. The third kappa shape index (κ3) is 5.01. The highest BCUT2D eigenvalue weighted by Crippen LogP contribution is 2.34. The number of aryl methyl sites for hydroxylation is 1. The van der Waals surface area contributed by atoms with Crippen LogP contribution in [0.2, 0.25) is 0 Å². The fraction of sp³-hybridized carbons (Fsp3) is 0.227. The number of nitrogens with zero attached hydrogens (tertiary/aromatic N) is 1. The fourth-order valence-corrected chi connectivity index (χ4v) is 3.87. The Bertz CT molecular complexity index is 1000. The van der Waals surface area contributed by atoms with Gasteiger partial charge in [0.15, 0.2) is 15.8 Å². The van der Waals surface area contributed by atoms with Gasteiger partial charge in [-0.15, -0.1) is 0 Å². The van der Waals surface area contributed by atoms with Crippen molar-refractivity contribution >= 4 is 46.2 Å². The second-order valence-electron chi connectivity index (χ2n) is 6.58. The van der Waals surface area contributed by atoms with Crippen LogP contribution in [0.15, 0.2) is 47.4 Å². The van der Waals surface area contributed by atoms with Gasteiger partial charge in [0.05, 0.1) is 18.6 Å². The number of rotatable bonds is 7. The van der Waals surface area contributed by atoms with Crippen LogP contribution in [0.3, 0.4) is 0 Å². The minimum atomic E-state index is -0.397. The van der Waals surface area contributed by atoms with E-state index in [0.717, 1.165) is 34.3 Å². The zero-order valence-corrected chi connectivity index (χ0v) is 18.6. The molecule has 0 unspecified atom stereocenters.